The Morgan fingerprint density at radius 3 is 2.82 bits per heavy atom. The lowest BCUT2D eigenvalue weighted by molar-refractivity contribution is 0.102. The third kappa shape index (κ3) is 3.24. The van der Waals surface area contributed by atoms with Crippen molar-refractivity contribution in [2.75, 3.05) is 31.6 Å². The van der Waals surface area contributed by atoms with Crippen LogP contribution in [0, 0.1) is 0 Å². The van der Waals surface area contributed by atoms with Gasteiger partial charge in [-0.2, -0.15) is 5.10 Å². The van der Waals surface area contributed by atoms with Gasteiger partial charge in [0.15, 0.2) is 5.69 Å². The highest BCUT2D eigenvalue weighted by molar-refractivity contribution is 6.03. The van der Waals surface area contributed by atoms with Gasteiger partial charge in [-0.15, -0.1) is 0 Å². The number of aromatic nitrogens is 4. The minimum absolute atomic E-state index is 0.264. The van der Waals surface area contributed by atoms with Gasteiger partial charge in [0.2, 0.25) is 11.8 Å². The number of ether oxygens (including phenoxy) is 1. The van der Waals surface area contributed by atoms with Crippen LogP contribution in [0.2, 0.25) is 0 Å². The van der Waals surface area contributed by atoms with Gasteiger partial charge in [-0.25, -0.2) is 9.67 Å². The Labute approximate surface area is 163 Å². The average molecular weight is 380 g/mol. The summed E-state index contributed by atoms with van der Waals surface area (Å²) in [5, 5.41) is 7.28. The zero-order valence-electron chi connectivity index (χ0n) is 15.8. The first-order valence-electron chi connectivity index (χ1n) is 9.97. The lowest BCUT2D eigenvalue weighted by atomic mass is 10.1. The van der Waals surface area contributed by atoms with E-state index in [0.29, 0.717) is 30.7 Å². The van der Waals surface area contributed by atoms with Crippen LogP contribution in [0.5, 0.6) is 5.88 Å². The molecule has 1 amide bonds. The molecule has 4 heterocycles. The largest absolute Gasteiger partial charge is 0.476 e. The number of imidazole rings is 1. The first kappa shape index (κ1) is 17.2. The number of hydrogen-bond acceptors (Lipinski definition) is 5. The van der Waals surface area contributed by atoms with Gasteiger partial charge in [0.25, 0.3) is 5.91 Å². The van der Waals surface area contributed by atoms with E-state index in [0.717, 1.165) is 37.2 Å². The summed E-state index contributed by atoms with van der Waals surface area (Å²) in [7, 11) is 0. The molecule has 28 heavy (non-hydrogen) atoms. The standard InChI is InChI=1S/C20H24N6O2/c27-19(16-14-18-26(23-16)12-13-28-18)22-20-21-15-6-2-3-7-17(15)25(20)11-10-24-8-4-1-5-9-24/h2-3,6-7,14H,1,4-5,8-13H2,(H,21,22,27). The van der Waals surface area contributed by atoms with Crippen molar-refractivity contribution >= 4 is 22.9 Å². The Bertz CT molecular complexity index is 980. The van der Waals surface area contributed by atoms with Crippen molar-refractivity contribution in [2.45, 2.75) is 32.4 Å². The second-order valence-corrected chi connectivity index (χ2v) is 7.37. The smallest absolute Gasteiger partial charge is 0.278 e. The van der Waals surface area contributed by atoms with Crippen molar-refractivity contribution in [3.63, 3.8) is 0 Å². The van der Waals surface area contributed by atoms with Crippen LogP contribution in [0.3, 0.4) is 0 Å². The van der Waals surface area contributed by atoms with Crippen LogP contribution in [0.15, 0.2) is 30.3 Å². The molecule has 0 unspecified atom stereocenters. The van der Waals surface area contributed by atoms with Crippen molar-refractivity contribution in [3.8, 4) is 5.88 Å². The van der Waals surface area contributed by atoms with Crippen LogP contribution in [0.1, 0.15) is 29.8 Å². The maximum atomic E-state index is 12.7. The van der Waals surface area contributed by atoms with E-state index < -0.39 is 0 Å². The molecule has 2 aliphatic heterocycles. The van der Waals surface area contributed by atoms with E-state index in [1.54, 1.807) is 10.7 Å². The van der Waals surface area contributed by atoms with Crippen molar-refractivity contribution in [3.05, 3.63) is 36.0 Å². The number of benzene rings is 1. The van der Waals surface area contributed by atoms with E-state index in [2.05, 4.69) is 24.9 Å². The third-order valence-corrected chi connectivity index (χ3v) is 5.50. The number of anilines is 1. The molecule has 8 nitrogen and oxygen atoms in total. The number of nitrogens with zero attached hydrogens (tertiary/aromatic N) is 5. The quantitative estimate of drug-likeness (QED) is 0.735. The number of para-hydroxylation sites is 2. The molecule has 1 N–H and O–H groups in total. The molecule has 0 spiro atoms. The molecule has 0 atom stereocenters. The summed E-state index contributed by atoms with van der Waals surface area (Å²) >= 11 is 0. The van der Waals surface area contributed by atoms with Crippen LogP contribution >= 0.6 is 0 Å². The molecule has 0 radical (unpaired) electrons. The van der Waals surface area contributed by atoms with E-state index in [9.17, 15) is 4.79 Å². The summed E-state index contributed by atoms with van der Waals surface area (Å²) in [5.41, 5.74) is 2.27. The topological polar surface area (TPSA) is 77.2 Å². The minimum atomic E-state index is -0.264. The maximum absolute atomic E-state index is 12.7. The molecule has 2 aliphatic rings. The first-order valence-corrected chi connectivity index (χ1v) is 9.97. The number of fused-ring (bicyclic) bond motifs is 2. The van der Waals surface area contributed by atoms with E-state index >= 15 is 0 Å². The molecule has 5 rings (SSSR count). The van der Waals surface area contributed by atoms with Gasteiger partial charge in [-0.05, 0) is 38.1 Å². The normalized spacial score (nSPS) is 16.9. The molecule has 2 aromatic heterocycles. The predicted octanol–water partition coefficient (Wildman–Crippen LogP) is 2.36. The molecule has 1 aromatic carbocycles. The molecule has 8 heteroatoms. The highest BCUT2D eigenvalue weighted by Crippen LogP contribution is 2.22. The summed E-state index contributed by atoms with van der Waals surface area (Å²) in [6.07, 6.45) is 3.85. The maximum Gasteiger partial charge on any atom is 0.278 e. The molecule has 1 fully saturated rings. The zero-order chi connectivity index (χ0) is 18.9. The van der Waals surface area contributed by atoms with Gasteiger partial charge < -0.3 is 14.2 Å². The monoisotopic (exact) mass is 380 g/mol. The fourth-order valence-electron chi connectivity index (χ4n) is 4.01. The fourth-order valence-corrected chi connectivity index (χ4v) is 4.01. The number of likely N-dealkylation sites (tertiary alicyclic amines) is 1. The Hall–Kier alpha value is -2.87. The number of hydrogen-bond donors (Lipinski definition) is 1. The fraction of sp³-hybridized carbons (Fsp3) is 0.450. The van der Waals surface area contributed by atoms with E-state index in [4.69, 9.17) is 4.74 Å². The number of piperidine rings is 1. The molecule has 1 saturated heterocycles. The van der Waals surface area contributed by atoms with Gasteiger partial charge in [0, 0.05) is 19.2 Å². The van der Waals surface area contributed by atoms with E-state index in [-0.39, 0.29) is 5.91 Å². The lowest BCUT2D eigenvalue weighted by Gasteiger charge is -2.26. The highest BCUT2D eigenvalue weighted by Gasteiger charge is 2.21. The highest BCUT2D eigenvalue weighted by atomic mass is 16.5. The Morgan fingerprint density at radius 1 is 1.11 bits per heavy atom. The van der Waals surface area contributed by atoms with Gasteiger partial charge in [0.1, 0.15) is 6.61 Å². The molecule has 0 bridgehead atoms. The number of rotatable bonds is 5. The Kier molecular flexibility index (Phi) is 4.48. The molecule has 3 aromatic rings. The second kappa shape index (κ2) is 7.27. The summed E-state index contributed by atoms with van der Waals surface area (Å²) < 4.78 is 9.27. The van der Waals surface area contributed by atoms with Crippen LogP contribution in [0.25, 0.3) is 11.0 Å². The van der Waals surface area contributed by atoms with E-state index in [1.807, 2.05) is 24.3 Å². The average Bonchev–Trinajstić information content (AvgIpc) is 3.40. The van der Waals surface area contributed by atoms with Gasteiger partial charge in [-0.3, -0.25) is 10.1 Å². The first-order chi connectivity index (χ1) is 13.8. The van der Waals surface area contributed by atoms with Crippen LogP contribution in [-0.4, -0.2) is 56.4 Å². The summed E-state index contributed by atoms with van der Waals surface area (Å²) in [6.45, 7) is 5.32. The summed E-state index contributed by atoms with van der Waals surface area (Å²) in [5.74, 6) is 0.945. The SMILES string of the molecule is O=C(Nc1nc2ccccc2n1CCN1CCCCC1)c1cc2n(n1)CCO2. The van der Waals surface area contributed by atoms with Gasteiger partial charge in [-0.1, -0.05) is 18.6 Å². The van der Waals surface area contributed by atoms with Gasteiger partial charge in [0.05, 0.1) is 17.6 Å². The van der Waals surface area contributed by atoms with Crippen molar-refractivity contribution in [1.82, 2.24) is 24.2 Å². The summed E-state index contributed by atoms with van der Waals surface area (Å²) in [6, 6.07) is 9.68. The molecule has 0 saturated carbocycles. The van der Waals surface area contributed by atoms with Crippen LogP contribution < -0.4 is 10.1 Å². The minimum Gasteiger partial charge on any atom is -0.476 e. The molecular weight excluding hydrogens is 356 g/mol. The van der Waals surface area contributed by atoms with Crippen molar-refractivity contribution in [2.24, 2.45) is 0 Å². The summed E-state index contributed by atoms with van der Waals surface area (Å²) in [4.78, 5) is 19.9. The van der Waals surface area contributed by atoms with Crippen molar-refractivity contribution in [1.29, 1.82) is 0 Å². The third-order valence-electron chi connectivity index (χ3n) is 5.50. The second-order valence-electron chi connectivity index (χ2n) is 7.37. The molecule has 146 valence electrons. The molecule has 0 aliphatic carbocycles. The van der Waals surface area contributed by atoms with E-state index in [1.165, 1.54) is 19.3 Å². The lowest BCUT2D eigenvalue weighted by Crippen LogP contribution is -2.32. The number of carbonyl (C=O) groups is 1. The molecular formula is C20H24N6O2. The van der Waals surface area contributed by atoms with Crippen LogP contribution in [0.4, 0.5) is 5.95 Å². The number of nitrogens with one attached hydrogen (secondary N) is 1. The zero-order valence-corrected chi connectivity index (χ0v) is 15.8. The number of carbonyl (C=O) groups excluding carboxylic acids is 1. The van der Waals surface area contributed by atoms with Crippen molar-refractivity contribution < 1.29 is 9.53 Å². The van der Waals surface area contributed by atoms with Crippen LogP contribution in [-0.2, 0) is 13.1 Å². The predicted molar refractivity (Wildman–Crippen MR) is 106 cm³/mol. The van der Waals surface area contributed by atoms with Gasteiger partial charge >= 0.3 is 0 Å². The Balaban J connectivity index is 1.38. The Morgan fingerprint density at radius 2 is 1.96 bits per heavy atom. The number of amides is 1.